The lowest BCUT2D eigenvalue weighted by molar-refractivity contribution is -0.145. The average Bonchev–Trinajstić information content (AvgIpc) is 3.43. The SMILES string of the molecule is C[C@@]12CCC[C@H]1[C@@H]1[C@@H](C(=O)NC3CC4CCC3C4)C[C@H]3NC(=O)C=C[C@]3(C)[C@H]1CC2. The molecular formula is C26H38N2O2. The van der Waals surface area contributed by atoms with Gasteiger partial charge in [-0.15, -0.1) is 0 Å². The summed E-state index contributed by atoms with van der Waals surface area (Å²) in [7, 11) is 0. The van der Waals surface area contributed by atoms with Crippen LogP contribution in [0.4, 0.5) is 0 Å². The van der Waals surface area contributed by atoms with Crippen LogP contribution in [0.2, 0.25) is 0 Å². The van der Waals surface area contributed by atoms with Crippen molar-refractivity contribution in [1.29, 1.82) is 0 Å². The summed E-state index contributed by atoms with van der Waals surface area (Å²) in [5.74, 6) is 3.57. The van der Waals surface area contributed by atoms with Crippen molar-refractivity contribution in [1.82, 2.24) is 10.6 Å². The molecule has 0 aromatic heterocycles. The highest BCUT2D eigenvalue weighted by molar-refractivity contribution is 5.89. The van der Waals surface area contributed by atoms with E-state index in [1.165, 1.54) is 57.8 Å². The number of amides is 2. The Bertz CT molecular complexity index is 792. The van der Waals surface area contributed by atoms with Gasteiger partial charge in [-0.05, 0) is 92.4 Å². The van der Waals surface area contributed by atoms with Gasteiger partial charge >= 0.3 is 0 Å². The number of fused-ring (bicyclic) bond motifs is 7. The number of hydrogen-bond donors (Lipinski definition) is 2. The molecule has 6 aliphatic rings. The summed E-state index contributed by atoms with van der Waals surface area (Å²) in [6, 6.07) is 0.500. The van der Waals surface area contributed by atoms with Gasteiger partial charge in [-0.2, -0.15) is 0 Å². The fourth-order valence-electron chi connectivity index (χ4n) is 9.32. The maximum atomic E-state index is 13.8. The van der Waals surface area contributed by atoms with Gasteiger partial charge in [-0.3, -0.25) is 9.59 Å². The van der Waals surface area contributed by atoms with Gasteiger partial charge in [0.2, 0.25) is 11.8 Å². The maximum absolute atomic E-state index is 13.8. The second-order valence-corrected chi connectivity index (χ2v) is 12.3. The van der Waals surface area contributed by atoms with Gasteiger partial charge in [0.1, 0.15) is 0 Å². The molecule has 5 aliphatic carbocycles. The Morgan fingerprint density at radius 3 is 2.70 bits per heavy atom. The summed E-state index contributed by atoms with van der Waals surface area (Å²) in [5, 5.41) is 6.82. The van der Waals surface area contributed by atoms with E-state index in [4.69, 9.17) is 0 Å². The normalized spacial score (nSPS) is 53.6. The van der Waals surface area contributed by atoms with Crippen molar-refractivity contribution < 1.29 is 9.59 Å². The van der Waals surface area contributed by atoms with Crippen molar-refractivity contribution in [2.45, 2.75) is 90.1 Å². The van der Waals surface area contributed by atoms with Crippen LogP contribution in [0.15, 0.2) is 12.2 Å². The fraction of sp³-hybridized carbons (Fsp3) is 0.846. The number of carbonyl (C=O) groups excluding carboxylic acids is 2. The second-order valence-electron chi connectivity index (χ2n) is 12.3. The molecule has 10 atom stereocenters. The topological polar surface area (TPSA) is 58.2 Å². The van der Waals surface area contributed by atoms with E-state index in [2.05, 4.69) is 30.6 Å². The van der Waals surface area contributed by atoms with E-state index < -0.39 is 0 Å². The van der Waals surface area contributed by atoms with Crippen LogP contribution in [0.5, 0.6) is 0 Å². The molecule has 1 heterocycles. The summed E-state index contributed by atoms with van der Waals surface area (Å²) < 4.78 is 0. The molecule has 5 fully saturated rings. The zero-order valence-corrected chi connectivity index (χ0v) is 18.7. The molecule has 0 aromatic carbocycles. The minimum Gasteiger partial charge on any atom is -0.353 e. The Morgan fingerprint density at radius 2 is 1.93 bits per heavy atom. The van der Waals surface area contributed by atoms with Crippen molar-refractivity contribution in [3.63, 3.8) is 0 Å². The molecular weight excluding hydrogens is 372 g/mol. The molecule has 5 saturated carbocycles. The van der Waals surface area contributed by atoms with E-state index in [-0.39, 0.29) is 23.3 Å². The third kappa shape index (κ3) is 2.70. The third-order valence-electron chi connectivity index (χ3n) is 10.9. The third-order valence-corrected chi connectivity index (χ3v) is 10.9. The average molecular weight is 411 g/mol. The molecule has 1 aliphatic heterocycles. The smallest absolute Gasteiger partial charge is 0.243 e. The number of rotatable bonds is 2. The molecule has 2 amide bonds. The molecule has 164 valence electrons. The van der Waals surface area contributed by atoms with Crippen LogP contribution in [0.1, 0.15) is 78.1 Å². The first kappa shape index (κ1) is 19.4. The van der Waals surface area contributed by atoms with Crippen LogP contribution < -0.4 is 10.6 Å². The molecule has 6 rings (SSSR count). The minimum absolute atomic E-state index is 0.00823. The lowest BCUT2D eigenvalue weighted by atomic mass is 9.46. The van der Waals surface area contributed by atoms with Crippen LogP contribution in [-0.4, -0.2) is 23.9 Å². The van der Waals surface area contributed by atoms with E-state index in [9.17, 15) is 9.59 Å². The quantitative estimate of drug-likeness (QED) is 0.717. The monoisotopic (exact) mass is 410 g/mol. The first-order chi connectivity index (χ1) is 14.4. The first-order valence-electron chi connectivity index (χ1n) is 12.7. The summed E-state index contributed by atoms with van der Waals surface area (Å²) in [6.45, 7) is 4.85. The summed E-state index contributed by atoms with van der Waals surface area (Å²) in [6.07, 6.45) is 16.4. The number of hydrogen-bond acceptors (Lipinski definition) is 2. The summed E-state index contributed by atoms with van der Waals surface area (Å²) in [4.78, 5) is 26.0. The zero-order chi connectivity index (χ0) is 20.7. The van der Waals surface area contributed by atoms with Gasteiger partial charge in [-0.25, -0.2) is 0 Å². The highest BCUT2D eigenvalue weighted by Gasteiger charge is 2.61. The summed E-state index contributed by atoms with van der Waals surface area (Å²) in [5.41, 5.74) is 0.405. The summed E-state index contributed by atoms with van der Waals surface area (Å²) >= 11 is 0. The number of carbonyl (C=O) groups is 2. The Hall–Kier alpha value is -1.32. The van der Waals surface area contributed by atoms with Crippen LogP contribution in [0, 0.1) is 46.3 Å². The molecule has 4 heteroatoms. The van der Waals surface area contributed by atoms with Crippen LogP contribution in [0.3, 0.4) is 0 Å². The predicted octanol–water partition coefficient (Wildman–Crippen LogP) is 4.20. The minimum atomic E-state index is -0.00823. The molecule has 0 aromatic rings. The largest absolute Gasteiger partial charge is 0.353 e. The fourth-order valence-corrected chi connectivity index (χ4v) is 9.32. The Morgan fingerprint density at radius 1 is 1.07 bits per heavy atom. The van der Waals surface area contributed by atoms with E-state index in [0.29, 0.717) is 41.0 Å². The standard InChI is InChI=1S/C26H38N2O2/c1-25-9-3-4-18(25)23-17(24(30)27-20-13-15-5-6-16(20)12-15)14-21-26(2,19(23)7-10-25)11-8-22(29)28-21/h8,11,15-21,23H,3-7,9-10,12-14H2,1-2H3,(H,27,30)(H,28,29)/t15?,16?,17-,18-,19-,20?,21+,23-,25-,26+/m0/s1. The highest BCUT2D eigenvalue weighted by atomic mass is 16.2. The van der Waals surface area contributed by atoms with E-state index in [1.54, 1.807) is 6.08 Å². The Kier molecular flexibility index (Phi) is 4.26. The van der Waals surface area contributed by atoms with Crippen LogP contribution in [-0.2, 0) is 9.59 Å². The Labute approximate surface area is 181 Å². The predicted molar refractivity (Wildman–Crippen MR) is 116 cm³/mol. The van der Waals surface area contributed by atoms with Crippen LogP contribution >= 0.6 is 0 Å². The van der Waals surface area contributed by atoms with Crippen LogP contribution in [0.25, 0.3) is 0 Å². The highest BCUT2D eigenvalue weighted by Crippen LogP contribution is 2.64. The molecule has 2 bridgehead atoms. The van der Waals surface area contributed by atoms with Gasteiger partial charge in [0.05, 0.1) is 0 Å². The first-order valence-corrected chi connectivity index (χ1v) is 12.7. The molecule has 0 saturated heterocycles. The van der Waals surface area contributed by atoms with Gasteiger partial charge in [0, 0.05) is 23.4 Å². The van der Waals surface area contributed by atoms with Gasteiger partial charge in [0.25, 0.3) is 0 Å². The molecule has 0 spiro atoms. The molecule has 0 radical (unpaired) electrons. The lowest BCUT2D eigenvalue weighted by Gasteiger charge is -2.60. The second kappa shape index (κ2) is 6.59. The molecule has 30 heavy (non-hydrogen) atoms. The van der Waals surface area contributed by atoms with E-state index >= 15 is 0 Å². The molecule has 2 N–H and O–H groups in total. The Balaban J connectivity index is 1.32. The maximum Gasteiger partial charge on any atom is 0.243 e. The van der Waals surface area contributed by atoms with E-state index in [1.807, 2.05) is 0 Å². The van der Waals surface area contributed by atoms with Crippen molar-refractivity contribution >= 4 is 11.8 Å². The van der Waals surface area contributed by atoms with Crippen molar-refractivity contribution in [2.24, 2.45) is 46.3 Å². The van der Waals surface area contributed by atoms with Gasteiger partial charge in [0.15, 0.2) is 0 Å². The number of nitrogens with one attached hydrogen (secondary N) is 2. The van der Waals surface area contributed by atoms with Crippen molar-refractivity contribution in [3.8, 4) is 0 Å². The van der Waals surface area contributed by atoms with Gasteiger partial charge < -0.3 is 10.6 Å². The van der Waals surface area contributed by atoms with E-state index in [0.717, 1.165) is 12.3 Å². The van der Waals surface area contributed by atoms with Crippen molar-refractivity contribution in [3.05, 3.63) is 12.2 Å². The molecule has 3 unspecified atom stereocenters. The van der Waals surface area contributed by atoms with Gasteiger partial charge in [-0.1, -0.05) is 32.8 Å². The lowest BCUT2D eigenvalue weighted by Crippen LogP contribution is -2.63. The molecule has 4 nitrogen and oxygen atoms in total. The van der Waals surface area contributed by atoms with Crippen molar-refractivity contribution in [2.75, 3.05) is 0 Å². The zero-order valence-electron chi connectivity index (χ0n) is 18.7.